The van der Waals surface area contributed by atoms with Gasteiger partial charge in [0.05, 0.1) is 10.2 Å². The van der Waals surface area contributed by atoms with Gasteiger partial charge >= 0.3 is 0 Å². The summed E-state index contributed by atoms with van der Waals surface area (Å²) in [4.78, 5) is 8.71. The molecule has 0 fully saturated rings. The lowest BCUT2D eigenvalue weighted by Crippen LogP contribution is -2.10. The Hall–Kier alpha value is -1.13. The van der Waals surface area contributed by atoms with Crippen LogP contribution in [-0.4, -0.2) is 9.97 Å². The van der Waals surface area contributed by atoms with Gasteiger partial charge in [-0.1, -0.05) is 29.8 Å². The molecule has 1 unspecified atom stereocenters. The van der Waals surface area contributed by atoms with Crippen LogP contribution in [0.4, 0.5) is 0 Å². The molecule has 0 spiro atoms. The van der Waals surface area contributed by atoms with Crippen LogP contribution in [0.2, 0.25) is 5.15 Å². The van der Waals surface area contributed by atoms with Gasteiger partial charge in [-0.3, -0.25) is 0 Å². The standard InChI is InChI=1S/C13H10BrClN2O/c1-7-11(14)12(15)17-13(16-7)10-6-8-4-2-3-5-9(8)18-10/h2-5,10H,6H2,1H3. The predicted octanol–water partition coefficient (Wildman–Crippen LogP) is 3.88. The lowest BCUT2D eigenvalue weighted by atomic mass is 10.1. The van der Waals surface area contributed by atoms with Crippen LogP contribution in [0.15, 0.2) is 28.7 Å². The maximum absolute atomic E-state index is 6.06. The third kappa shape index (κ3) is 1.99. The first kappa shape index (κ1) is 11.9. The zero-order valence-corrected chi connectivity index (χ0v) is 12.0. The summed E-state index contributed by atoms with van der Waals surface area (Å²) in [5.41, 5.74) is 2.01. The predicted molar refractivity (Wildman–Crippen MR) is 73.0 cm³/mol. The van der Waals surface area contributed by atoms with Crippen LogP contribution in [0.5, 0.6) is 5.75 Å². The molecule has 0 aliphatic carbocycles. The SMILES string of the molecule is Cc1nc(C2Cc3ccccc3O2)nc(Cl)c1Br. The number of ether oxygens (including phenoxy) is 1. The summed E-state index contributed by atoms with van der Waals surface area (Å²) in [7, 11) is 0. The van der Waals surface area contributed by atoms with Gasteiger partial charge in [0, 0.05) is 6.42 Å². The van der Waals surface area contributed by atoms with Crippen molar-refractivity contribution in [2.24, 2.45) is 0 Å². The molecule has 0 bridgehead atoms. The number of nitrogens with zero attached hydrogens (tertiary/aromatic N) is 2. The van der Waals surface area contributed by atoms with Crippen molar-refractivity contribution in [2.45, 2.75) is 19.4 Å². The van der Waals surface area contributed by atoms with Gasteiger partial charge in [-0.2, -0.15) is 0 Å². The largest absolute Gasteiger partial charge is 0.482 e. The van der Waals surface area contributed by atoms with E-state index < -0.39 is 0 Å². The first-order valence-electron chi connectivity index (χ1n) is 5.59. The highest BCUT2D eigenvalue weighted by atomic mass is 79.9. The number of benzene rings is 1. The number of para-hydroxylation sites is 1. The molecule has 2 aromatic rings. The van der Waals surface area contributed by atoms with Crippen LogP contribution in [0.3, 0.4) is 0 Å². The summed E-state index contributed by atoms with van der Waals surface area (Å²) in [5, 5.41) is 0.428. The Bertz CT molecular complexity index is 570. The highest BCUT2D eigenvalue weighted by Gasteiger charge is 2.27. The fourth-order valence-corrected chi connectivity index (χ4v) is 2.42. The van der Waals surface area contributed by atoms with Crippen LogP contribution in [0.1, 0.15) is 23.2 Å². The fourth-order valence-electron chi connectivity index (χ4n) is 2.01. The van der Waals surface area contributed by atoms with Crippen LogP contribution in [0, 0.1) is 6.92 Å². The summed E-state index contributed by atoms with van der Waals surface area (Å²) in [6.45, 7) is 1.89. The van der Waals surface area contributed by atoms with Crippen LogP contribution in [-0.2, 0) is 6.42 Å². The number of halogens is 2. The lowest BCUT2D eigenvalue weighted by Gasteiger charge is -2.11. The second kappa shape index (κ2) is 4.52. The first-order chi connectivity index (χ1) is 8.65. The van der Waals surface area contributed by atoms with E-state index in [1.807, 2.05) is 25.1 Å². The molecule has 1 aromatic carbocycles. The maximum Gasteiger partial charge on any atom is 0.171 e. The smallest absolute Gasteiger partial charge is 0.171 e. The third-order valence-electron chi connectivity index (χ3n) is 2.93. The van der Waals surface area contributed by atoms with Gasteiger partial charge in [-0.05, 0) is 34.5 Å². The second-order valence-corrected chi connectivity index (χ2v) is 5.34. The van der Waals surface area contributed by atoms with E-state index in [-0.39, 0.29) is 6.10 Å². The Morgan fingerprint density at radius 2 is 2.11 bits per heavy atom. The Morgan fingerprint density at radius 3 is 2.83 bits per heavy atom. The van der Waals surface area contributed by atoms with E-state index in [2.05, 4.69) is 32.0 Å². The number of hydrogen-bond acceptors (Lipinski definition) is 3. The molecule has 3 nitrogen and oxygen atoms in total. The highest BCUT2D eigenvalue weighted by molar-refractivity contribution is 9.10. The zero-order valence-electron chi connectivity index (χ0n) is 9.65. The molecule has 2 heterocycles. The molecular weight excluding hydrogens is 316 g/mol. The summed E-state index contributed by atoms with van der Waals surface area (Å²) in [6.07, 6.45) is 0.639. The molecule has 1 atom stereocenters. The average molecular weight is 326 g/mol. The van der Waals surface area contributed by atoms with E-state index in [0.717, 1.165) is 22.3 Å². The molecule has 1 aromatic heterocycles. The molecule has 92 valence electrons. The zero-order chi connectivity index (χ0) is 12.7. The van der Waals surface area contributed by atoms with Crippen LogP contribution >= 0.6 is 27.5 Å². The van der Waals surface area contributed by atoms with Crippen molar-refractivity contribution in [3.05, 3.63) is 51.0 Å². The van der Waals surface area contributed by atoms with Crippen molar-refractivity contribution in [3.63, 3.8) is 0 Å². The number of hydrogen-bond donors (Lipinski definition) is 0. The summed E-state index contributed by atoms with van der Waals surface area (Å²) < 4.78 is 6.58. The number of rotatable bonds is 1. The van der Waals surface area contributed by atoms with Crippen LogP contribution < -0.4 is 4.74 Å². The molecule has 3 rings (SSSR count). The normalized spacial score (nSPS) is 17.4. The van der Waals surface area contributed by atoms with Crippen molar-refractivity contribution < 1.29 is 4.74 Å². The fraction of sp³-hybridized carbons (Fsp3) is 0.231. The minimum Gasteiger partial charge on any atom is -0.482 e. The Kier molecular flexibility index (Phi) is 2.99. The maximum atomic E-state index is 6.06. The molecule has 1 aliphatic rings. The topological polar surface area (TPSA) is 35.0 Å². The quantitative estimate of drug-likeness (QED) is 0.746. The minimum atomic E-state index is -0.147. The first-order valence-corrected chi connectivity index (χ1v) is 6.76. The Morgan fingerprint density at radius 1 is 1.33 bits per heavy atom. The lowest BCUT2D eigenvalue weighted by molar-refractivity contribution is 0.227. The van der Waals surface area contributed by atoms with Gasteiger partial charge in [-0.25, -0.2) is 9.97 Å². The van der Waals surface area contributed by atoms with Gasteiger partial charge in [-0.15, -0.1) is 0 Å². The van der Waals surface area contributed by atoms with E-state index >= 15 is 0 Å². The van der Waals surface area contributed by atoms with Crippen LogP contribution in [0.25, 0.3) is 0 Å². The number of fused-ring (bicyclic) bond motifs is 1. The van der Waals surface area contributed by atoms with E-state index in [0.29, 0.717) is 11.0 Å². The van der Waals surface area contributed by atoms with Crippen molar-refractivity contribution >= 4 is 27.5 Å². The van der Waals surface area contributed by atoms with E-state index in [4.69, 9.17) is 16.3 Å². The summed E-state index contributed by atoms with van der Waals surface area (Å²) in [5.74, 6) is 1.54. The van der Waals surface area contributed by atoms with Gasteiger partial charge in [0.2, 0.25) is 0 Å². The Balaban J connectivity index is 1.95. The van der Waals surface area contributed by atoms with Crippen molar-refractivity contribution in [1.29, 1.82) is 0 Å². The number of aryl methyl sites for hydroxylation is 1. The molecule has 1 aliphatic heterocycles. The van der Waals surface area contributed by atoms with E-state index in [9.17, 15) is 0 Å². The highest BCUT2D eigenvalue weighted by Crippen LogP contribution is 2.36. The Labute approximate surface area is 118 Å². The molecule has 5 heteroatoms. The molecule has 0 N–H and O–H groups in total. The van der Waals surface area contributed by atoms with E-state index in [1.165, 1.54) is 5.56 Å². The van der Waals surface area contributed by atoms with Crippen molar-refractivity contribution in [1.82, 2.24) is 9.97 Å². The molecule has 0 amide bonds. The average Bonchev–Trinajstić information content (AvgIpc) is 2.79. The van der Waals surface area contributed by atoms with Gasteiger partial charge in [0.1, 0.15) is 10.9 Å². The van der Waals surface area contributed by atoms with Crippen molar-refractivity contribution in [3.8, 4) is 5.75 Å². The van der Waals surface area contributed by atoms with Crippen molar-refractivity contribution in [2.75, 3.05) is 0 Å². The number of aromatic nitrogens is 2. The summed E-state index contributed by atoms with van der Waals surface area (Å²) >= 11 is 9.41. The summed E-state index contributed by atoms with van der Waals surface area (Å²) in [6, 6.07) is 7.98. The third-order valence-corrected chi connectivity index (χ3v) is 4.38. The second-order valence-electron chi connectivity index (χ2n) is 4.19. The molecular formula is C13H10BrClN2O. The molecule has 0 saturated carbocycles. The van der Waals surface area contributed by atoms with Gasteiger partial charge in [0.15, 0.2) is 11.9 Å². The molecule has 18 heavy (non-hydrogen) atoms. The molecule has 0 saturated heterocycles. The van der Waals surface area contributed by atoms with Gasteiger partial charge < -0.3 is 4.74 Å². The monoisotopic (exact) mass is 324 g/mol. The van der Waals surface area contributed by atoms with Gasteiger partial charge in [0.25, 0.3) is 0 Å². The molecule has 0 radical (unpaired) electrons. The van der Waals surface area contributed by atoms with E-state index in [1.54, 1.807) is 0 Å². The minimum absolute atomic E-state index is 0.147.